The Balaban J connectivity index is 1.23. The van der Waals surface area contributed by atoms with Crippen molar-refractivity contribution in [3.63, 3.8) is 0 Å². The molecule has 2 fully saturated rings. The van der Waals surface area contributed by atoms with Gasteiger partial charge in [0.25, 0.3) is 0 Å². The number of nitrogens with zero attached hydrogens (tertiary/aromatic N) is 3. The van der Waals surface area contributed by atoms with Crippen LogP contribution in [-0.2, 0) is 33.8 Å². The third kappa shape index (κ3) is 6.73. The van der Waals surface area contributed by atoms with Crippen molar-refractivity contribution >= 4 is 23.5 Å². The molecule has 60 heavy (non-hydrogen) atoms. The van der Waals surface area contributed by atoms with Crippen LogP contribution >= 0.6 is 0 Å². The van der Waals surface area contributed by atoms with Gasteiger partial charge in [-0.15, -0.1) is 0 Å². The van der Waals surface area contributed by atoms with E-state index >= 15 is 4.79 Å². The molecule has 1 amide bonds. The van der Waals surface area contributed by atoms with Crippen molar-refractivity contribution in [3.8, 4) is 17.2 Å². The van der Waals surface area contributed by atoms with Crippen LogP contribution in [0.1, 0.15) is 114 Å². The molecule has 0 radical (unpaired) electrons. The third-order valence-electron chi connectivity index (χ3n) is 12.9. The molecule has 5 atom stereocenters. The standard InChI is InChI=1S/C50H55N3O7/c1-30(2)14-13-21-48(8)22-20-36-41(54)40-42(55)38-26-33-27-39-47(6,7)60-49(45(33)56,50(38,39)59-44(40)37(43(36)58-48)18-17-31(3)4)23-19-32(5)46(57)53(28-34-15-9-11-24-51-34)29-35-16-10-12-25-52-35/h9-12,14-17,19-20,22,24-26,33,39,54H,13,18,21,23,27-29H2,1-8H3. The lowest BCUT2D eigenvalue weighted by molar-refractivity contribution is -0.171. The van der Waals surface area contributed by atoms with Gasteiger partial charge in [0.15, 0.2) is 22.8 Å². The Bertz CT molecular complexity index is 2380. The van der Waals surface area contributed by atoms with E-state index in [4.69, 9.17) is 14.2 Å². The minimum atomic E-state index is -1.64. The number of benzene rings is 1. The van der Waals surface area contributed by atoms with E-state index in [0.717, 1.165) is 23.4 Å². The maximum atomic E-state index is 15.2. The minimum Gasteiger partial charge on any atom is -0.506 e. The average Bonchev–Trinajstić information content (AvgIpc) is 3.36. The van der Waals surface area contributed by atoms with Gasteiger partial charge in [-0.3, -0.25) is 24.4 Å². The summed E-state index contributed by atoms with van der Waals surface area (Å²) in [6, 6.07) is 11.2. The molecular formula is C50H55N3O7. The number of ether oxygens (including phenoxy) is 3. The zero-order chi connectivity index (χ0) is 42.8. The number of carbonyl (C=O) groups excluding carboxylic acids is 3. The van der Waals surface area contributed by atoms with E-state index in [1.165, 1.54) is 5.57 Å². The molecule has 1 N–H and O–H groups in total. The number of fused-ring (bicyclic) bond motifs is 2. The van der Waals surface area contributed by atoms with Crippen molar-refractivity contribution in [1.29, 1.82) is 0 Å². The molecule has 2 aromatic heterocycles. The van der Waals surface area contributed by atoms with Crippen molar-refractivity contribution in [2.75, 3.05) is 0 Å². The van der Waals surface area contributed by atoms with Gasteiger partial charge < -0.3 is 24.2 Å². The fraction of sp³-hybridized carbons (Fsp3) is 0.420. The van der Waals surface area contributed by atoms with E-state index in [1.54, 1.807) is 36.4 Å². The van der Waals surface area contributed by atoms with Crippen LogP contribution in [0.5, 0.6) is 17.2 Å². The second-order valence-corrected chi connectivity index (χ2v) is 18.3. The molecule has 3 aromatic rings. The first-order valence-electron chi connectivity index (χ1n) is 21.0. The third-order valence-corrected chi connectivity index (χ3v) is 12.9. The molecular weight excluding hydrogens is 755 g/mol. The van der Waals surface area contributed by atoms with E-state index in [2.05, 4.69) is 36.0 Å². The van der Waals surface area contributed by atoms with Gasteiger partial charge >= 0.3 is 0 Å². The number of ketones is 2. The summed E-state index contributed by atoms with van der Waals surface area (Å²) in [4.78, 5) is 55.2. The van der Waals surface area contributed by atoms with Gasteiger partial charge in [-0.1, -0.05) is 47.6 Å². The molecule has 3 aliphatic carbocycles. The Morgan fingerprint density at radius 1 is 0.900 bits per heavy atom. The molecule has 1 spiro atoms. The Kier molecular flexibility index (Phi) is 10.4. The van der Waals surface area contributed by atoms with Gasteiger partial charge in [-0.2, -0.15) is 0 Å². The highest BCUT2D eigenvalue weighted by Crippen LogP contribution is 2.68. The number of amides is 1. The van der Waals surface area contributed by atoms with Gasteiger partial charge in [-0.05, 0) is 117 Å². The molecule has 9 rings (SSSR count). The number of phenols is 1. The molecule has 312 valence electrons. The van der Waals surface area contributed by atoms with E-state index in [9.17, 15) is 14.7 Å². The summed E-state index contributed by atoms with van der Waals surface area (Å²) in [5.74, 6) is -1.35. The van der Waals surface area contributed by atoms with Gasteiger partial charge in [0.05, 0.1) is 35.6 Å². The first-order chi connectivity index (χ1) is 28.5. The lowest BCUT2D eigenvalue weighted by atomic mass is 9.51. The smallest absolute Gasteiger partial charge is 0.249 e. The van der Waals surface area contributed by atoms with Gasteiger partial charge in [0, 0.05) is 47.4 Å². The number of allylic oxidation sites excluding steroid dienone is 5. The number of hydrogen-bond acceptors (Lipinski definition) is 9. The van der Waals surface area contributed by atoms with E-state index < -0.39 is 34.2 Å². The maximum absolute atomic E-state index is 15.2. The lowest BCUT2D eigenvalue weighted by Gasteiger charge is -2.56. The molecule has 1 saturated heterocycles. The topological polar surface area (TPSA) is 128 Å². The average molecular weight is 810 g/mol. The van der Waals surface area contributed by atoms with Gasteiger partial charge in [0.2, 0.25) is 5.91 Å². The number of hydrogen-bond donors (Lipinski definition) is 1. The van der Waals surface area contributed by atoms with Crippen molar-refractivity contribution < 1.29 is 33.7 Å². The number of rotatable bonds is 12. The van der Waals surface area contributed by atoms with Crippen LogP contribution in [0.25, 0.3) is 6.08 Å². The van der Waals surface area contributed by atoms with Crippen LogP contribution in [0, 0.1) is 11.8 Å². The van der Waals surface area contributed by atoms with Crippen molar-refractivity contribution in [3.05, 3.63) is 130 Å². The minimum absolute atomic E-state index is 0.0112. The van der Waals surface area contributed by atoms with Crippen molar-refractivity contribution in [2.45, 2.75) is 123 Å². The highest BCUT2D eigenvalue weighted by atomic mass is 16.6. The van der Waals surface area contributed by atoms with Crippen LogP contribution in [0.2, 0.25) is 0 Å². The summed E-state index contributed by atoms with van der Waals surface area (Å²) in [6.45, 7) is 16.3. The van der Waals surface area contributed by atoms with Crippen LogP contribution in [-0.4, -0.2) is 59.9 Å². The molecule has 10 nitrogen and oxygen atoms in total. The fourth-order valence-corrected chi connectivity index (χ4v) is 10.00. The Labute approximate surface area is 352 Å². The maximum Gasteiger partial charge on any atom is 0.249 e. The largest absolute Gasteiger partial charge is 0.506 e. The van der Waals surface area contributed by atoms with Crippen molar-refractivity contribution in [2.24, 2.45) is 11.8 Å². The number of aromatic hydroxyl groups is 1. The molecule has 4 bridgehead atoms. The second kappa shape index (κ2) is 15.1. The van der Waals surface area contributed by atoms with E-state index in [-0.39, 0.29) is 54.0 Å². The first kappa shape index (κ1) is 41.1. The molecule has 6 aliphatic rings. The Hall–Kier alpha value is -5.61. The highest BCUT2D eigenvalue weighted by molar-refractivity contribution is 6.19. The zero-order valence-corrected chi connectivity index (χ0v) is 35.9. The second-order valence-electron chi connectivity index (χ2n) is 18.3. The number of phenolic OH excluding ortho intramolecular Hbond substituents is 1. The van der Waals surface area contributed by atoms with E-state index in [0.29, 0.717) is 47.3 Å². The van der Waals surface area contributed by atoms with Crippen LogP contribution < -0.4 is 9.47 Å². The number of carbonyl (C=O) groups is 3. The first-order valence-corrected chi connectivity index (χ1v) is 21.0. The van der Waals surface area contributed by atoms with Crippen LogP contribution in [0.3, 0.4) is 0 Å². The van der Waals surface area contributed by atoms with Crippen molar-refractivity contribution in [1.82, 2.24) is 14.9 Å². The lowest BCUT2D eigenvalue weighted by Crippen LogP contribution is -2.72. The molecule has 1 aromatic carbocycles. The molecule has 1 saturated carbocycles. The zero-order valence-electron chi connectivity index (χ0n) is 35.9. The molecule has 3 aliphatic heterocycles. The van der Waals surface area contributed by atoms with E-state index in [1.807, 2.05) is 83.2 Å². The quantitative estimate of drug-likeness (QED) is 0.141. The summed E-state index contributed by atoms with van der Waals surface area (Å²) in [5, 5.41) is 12.1. The van der Waals surface area contributed by atoms with Crippen LogP contribution in [0.15, 0.2) is 101 Å². The molecule has 10 heteroatoms. The monoisotopic (exact) mass is 809 g/mol. The normalized spacial score (nSPS) is 26.5. The Morgan fingerprint density at radius 2 is 1.57 bits per heavy atom. The summed E-state index contributed by atoms with van der Waals surface area (Å²) in [6.07, 6.45) is 17.2. The SMILES string of the molecule is CC(C)=CCCC1(C)C=Cc2c(O)c3c(c(CC=C(C)C)c2O1)OC12C(=CC4CC1C(C)(C)OC2(CC=C(C)C(=O)N(Cc1ccccn1)Cc1ccccn1)C4=O)C3=O. The predicted octanol–water partition coefficient (Wildman–Crippen LogP) is 9.17. The molecule has 5 heterocycles. The summed E-state index contributed by atoms with van der Waals surface area (Å²) in [5.41, 5.74) is 0.817. The highest BCUT2D eigenvalue weighted by Gasteiger charge is 2.81. The summed E-state index contributed by atoms with van der Waals surface area (Å²) < 4.78 is 21.3. The Morgan fingerprint density at radius 3 is 2.18 bits per heavy atom. The number of aromatic nitrogens is 2. The summed E-state index contributed by atoms with van der Waals surface area (Å²) in [7, 11) is 0. The van der Waals surface area contributed by atoms with Gasteiger partial charge in [0.1, 0.15) is 28.4 Å². The molecule has 5 unspecified atom stereocenters. The number of Topliss-reactive ketones (excluding diaryl/α,β-unsaturated/α-hetero) is 2. The predicted molar refractivity (Wildman–Crippen MR) is 229 cm³/mol. The fourth-order valence-electron chi connectivity index (χ4n) is 10.00. The summed E-state index contributed by atoms with van der Waals surface area (Å²) >= 11 is 0. The number of pyridine rings is 2. The van der Waals surface area contributed by atoms with Crippen LogP contribution in [0.4, 0.5) is 0 Å². The van der Waals surface area contributed by atoms with Gasteiger partial charge in [-0.25, -0.2) is 0 Å².